The number of hydrazine groups is 1. The van der Waals surface area contributed by atoms with Gasteiger partial charge in [0.25, 0.3) is 0 Å². The summed E-state index contributed by atoms with van der Waals surface area (Å²) in [5, 5.41) is 9.90. The van der Waals surface area contributed by atoms with Gasteiger partial charge in [-0.2, -0.15) is 5.26 Å². The van der Waals surface area contributed by atoms with Gasteiger partial charge in [0, 0.05) is 0 Å². The van der Waals surface area contributed by atoms with Crippen LogP contribution in [0.5, 0.6) is 5.75 Å². The molecule has 104 valence electrons. The van der Waals surface area contributed by atoms with Gasteiger partial charge in [0.2, 0.25) is 5.76 Å². The fraction of sp³-hybridized carbons (Fsp3) is 0.0667. The molecule has 0 aliphatic heterocycles. The van der Waals surface area contributed by atoms with Crippen molar-refractivity contribution in [1.82, 2.24) is 4.98 Å². The van der Waals surface area contributed by atoms with Gasteiger partial charge in [-0.3, -0.25) is 0 Å². The number of hydrogen-bond donors (Lipinski definition) is 2. The van der Waals surface area contributed by atoms with E-state index in [-0.39, 0.29) is 12.4 Å². The van der Waals surface area contributed by atoms with Gasteiger partial charge < -0.3 is 14.6 Å². The van der Waals surface area contributed by atoms with Gasteiger partial charge in [-0.1, -0.05) is 18.2 Å². The summed E-state index contributed by atoms with van der Waals surface area (Å²) in [5.41, 5.74) is 3.79. The Labute approximate surface area is 120 Å². The normalized spacial score (nSPS) is 10.3. The number of fused-ring (bicyclic) bond motifs is 1. The van der Waals surface area contributed by atoms with Gasteiger partial charge in [0.15, 0.2) is 5.75 Å². The molecule has 1 aromatic carbocycles. The van der Waals surface area contributed by atoms with Crippen molar-refractivity contribution < 1.29 is 9.15 Å². The average Bonchev–Trinajstić information content (AvgIpc) is 2.91. The lowest BCUT2D eigenvalue weighted by molar-refractivity contribution is 0.299. The maximum Gasteiger partial charge on any atom is 0.246 e. The van der Waals surface area contributed by atoms with Gasteiger partial charge in [-0.15, -0.1) is 0 Å². The number of pyridine rings is 1. The van der Waals surface area contributed by atoms with Crippen molar-refractivity contribution in [3.05, 3.63) is 53.9 Å². The number of nitrogens with two attached hydrogens (primary N) is 1. The van der Waals surface area contributed by atoms with Crippen LogP contribution in [-0.4, -0.2) is 4.98 Å². The summed E-state index contributed by atoms with van der Waals surface area (Å²) in [5.74, 6) is 6.46. The summed E-state index contributed by atoms with van der Waals surface area (Å²) in [6, 6.07) is 14.7. The molecule has 6 nitrogen and oxygen atoms in total. The maximum absolute atomic E-state index is 9.13. The van der Waals surface area contributed by atoms with Crippen molar-refractivity contribution in [3.63, 3.8) is 0 Å². The number of nitrogens with zero attached hydrogens (tertiary/aromatic N) is 2. The molecular weight excluding hydrogens is 268 g/mol. The molecule has 0 fully saturated rings. The Morgan fingerprint density at radius 3 is 2.90 bits per heavy atom. The average molecular weight is 280 g/mol. The lowest BCUT2D eigenvalue weighted by atomic mass is 10.2. The lowest BCUT2D eigenvalue weighted by Crippen LogP contribution is -2.09. The number of nitriles is 1. The van der Waals surface area contributed by atoms with E-state index in [1.807, 2.05) is 36.4 Å². The molecule has 2 aromatic heterocycles. The summed E-state index contributed by atoms with van der Waals surface area (Å²) in [4.78, 5) is 4.25. The third-order valence-corrected chi connectivity index (χ3v) is 2.97. The summed E-state index contributed by atoms with van der Waals surface area (Å²) < 4.78 is 11.2. The lowest BCUT2D eigenvalue weighted by Gasteiger charge is -2.06. The molecule has 0 aliphatic rings. The zero-order valence-corrected chi connectivity index (χ0v) is 11.0. The summed E-state index contributed by atoms with van der Waals surface area (Å²) in [6.07, 6.45) is 0. The number of hydrogen-bond acceptors (Lipinski definition) is 6. The first-order valence-electron chi connectivity index (χ1n) is 6.29. The van der Waals surface area contributed by atoms with Crippen LogP contribution < -0.4 is 16.0 Å². The van der Waals surface area contributed by atoms with Crippen molar-refractivity contribution in [2.45, 2.75) is 6.61 Å². The van der Waals surface area contributed by atoms with Crippen LogP contribution in [0, 0.1) is 11.3 Å². The van der Waals surface area contributed by atoms with Gasteiger partial charge in [-0.25, -0.2) is 10.8 Å². The maximum atomic E-state index is 9.13. The number of furan rings is 1. The Hall–Kier alpha value is -3.04. The Balaban J connectivity index is 1.89. The molecule has 2 heterocycles. The smallest absolute Gasteiger partial charge is 0.246 e. The third-order valence-electron chi connectivity index (χ3n) is 2.97. The highest BCUT2D eigenvalue weighted by Crippen LogP contribution is 2.32. The third kappa shape index (κ3) is 2.50. The minimum atomic E-state index is 0.157. The molecule has 3 N–H and O–H groups in total. The summed E-state index contributed by atoms with van der Waals surface area (Å²) in [7, 11) is 0. The Morgan fingerprint density at radius 2 is 2.10 bits per heavy atom. The Kier molecular flexibility index (Phi) is 3.41. The first kappa shape index (κ1) is 13.0. The molecule has 0 spiro atoms. The molecule has 3 aromatic rings. The van der Waals surface area contributed by atoms with Crippen molar-refractivity contribution in [2.24, 2.45) is 5.84 Å². The van der Waals surface area contributed by atoms with E-state index < -0.39 is 0 Å². The number of para-hydroxylation sites is 1. The van der Waals surface area contributed by atoms with E-state index in [9.17, 15) is 0 Å². The number of nitrogen functional groups attached to an aromatic ring is 1. The Morgan fingerprint density at radius 1 is 1.24 bits per heavy atom. The van der Waals surface area contributed by atoms with Crippen LogP contribution in [0.4, 0.5) is 5.82 Å². The second-order valence-electron chi connectivity index (χ2n) is 4.32. The van der Waals surface area contributed by atoms with Crippen molar-refractivity contribution >= 4 is 16.8 Å². The molecule has 21 heavy (non-hydrogen) atoms. The van der Waals surface area contributed by atoms with Crippen LogP contribution in [-0.2, 0) is 6.61 Å². The fourth-order valence-electron chi connectivity index (χ4n) is 2.03. The second kappa shape index (κ2) is 5.53. The fourth-order valence-corrected chi connectivity index (χ4v) is 2.03. The Bertz CT molecular complexity index is 820. The van der Waals surface area contributed by atoms with Crippen LogP contribution >= 0.6 is 0 Å². The number of rotatable bonds is 4. The summed E-state index contributed by atoms with van der Waals surface area (Å²) >= 11 is 0. The summed E-state index contributed by atoms with van der Waals surface area (Å²) in [6.45, 7) is 0.216. The number of anilines is 1. The first-order chi connectivity index (χ1) is 10.3. The van der Waals surface area contributed by atoms with E-state index in [2.05, 4.69) is 10.4 Å². The van der Waals surface area contributed by atoms with Crippen LogP contribution in [0.3, 0.4) is 0 Å². The minimum Gasteiger partial charge on any atom is -0.482 e. The van der Waals surface area contributed by atoms with Crippen molar-refractivity contribution in [1.29, 1.82) is 5.26 Å². The molecular formula is C15H12N4O2. The van der Waals surface area contributed by atoms with Gasteiger partial charge in [0.1, 0.15) is 24.1 Å². The molecule has 0 saturated carbocycles. The van der Waals surface area contributed by atoms with E-state index in [1.165, 1.54) is 0 Å². The van der Waals surface area contributed by atoms with E-state index in [0.717, 1.165) is 5.39 Å². The molecule has 0 saturated heterocycles. The van der Waals surface area contributed by atoms with Crippen LogP contribution in [0.1, 0.15) is 11.5 Å². The second-order valence-corrected chi connectivity index (χ2v) is 4.32. The van der Waals surface area contributed by atoms with E-state index in [0.29, 0.717) is 22.8 Å². The van der Waals surface area contributed by atoms with E-state index >= 15 is 0 Å². The van der Waals surface area contributed by atoms with Crippen LogP contribution in [0.2, 0.25) is 0 Å². The quantitative estimate of drug-likeness (QED) is 0.563. The molecule has 6 heteroatoms. The molecule has 0 atom stereocenters. The molecule has 0 amide bonds. The van der Waals surface area contributed by atoms with Crippen molar-refractivity contribution in [3.8, 4) is 11.8 Å². The predicted octanol–water partition coefficient (Wildman–Crippen LogP) is 2.56. The van der Waals surface area contributed by atoms with Crippen LogP contribution in [0.25, 0.3) is 11.0 Å². The number of nitrogens with one attached hydrogen (secondary N) is 1. The topological polar surface area (TPSA) is 97.1 Å². The van der Waals surface area contributed by atoms with E-state index in [1.54, 1.807) is 12.1 Å². The van der Waals surface area contributed by atoms with Gasteiger partial charge in [-0.05, 0) is 24.3 Å². The highest BCUT2D eigenvalue weighted by atomic mass is 16.5. The monoisotopic (exact) mass is 280 g/mol. The highest BCUT2D eigenvalue weighted by molar-refractivity contribution is 5.86. The van der Waals surface area contributed by atoms with Crippen molar-refractivity contribution in [2.75, 3.05) is 5.43 Å². The van der Waals surface area contributed by atoms with E-state index in [4.69, 9.17) is 20.3 Å². The van der Waals surface area contributed by atoms with Gasteiger partial charge >= 0.3 is 0 Å². The number of aromatic nitrogens is 1. The number of benzene rings is 1. The number of ether oxygens (including phenoxy) is 1. The minimum absolute atomic E-state index is 0.157. The zero-order chi connectivity index (χ0) is 14.7. The zero-order valence-electron chi connectivity index (χ0n) is 11.0. The first-order valence-corrected chi connectivity index (χ1v) is 6.29. The standard InChI is InChI=1S/C15H12N4O2/c16-8-13-15(11-5-1-2-6-12(11)21-13)20-9-10-4-3-7-14(18-10)19-17/h1-7H,9,17H2,(H,18,19). The molecule has 0 unspecified atom stereocenters. The molecule has 3 rings (SSSR count). The molecule has 0 bridgehead atoms. The highest BCUT2D eigenvalue weighted by Gasteiger charge is 2.15. The molecule has 0 aliphatic carbocycles. The predicted molar refractivity (Wildman–Crippen MR) is 77.3 cm³/mol. The molecule has 0 radical (unpaired) electrons. The van der Waals surface area contributed by atoms with Crippen LogP contribution in [0.15, 0.2) is 46.9 Å². The largest absolute Gasteiger partial charge is 0.482 e. The SMILES string of the molecule is N#Cc1oc2ccccc2c1OCc1cccc(NN)n1. The van der Waals surface area contributed by atoms with Gasteiger partial charge in [0.05, 0.1) is 11.1 Å².